The third-order valence-corrected chi connectivity index (χ3v) is 6.36. The summed E-state index contributed by atoms with van der Waals surface area (Å²) in [5.41, 5.74) is 4.24. The number of halogens is 2. The monoisotopic (exact) mass is 576 g/mol. The van der Waals surface area contributed by atoms with E-state index in [-0.39, 0.29) is 23.8 Å². The molecule has 0 aromatic heterocycles. The van der Waals surface area contributed by atoms with E-state index in [4.69, 9.17) is 26.2 Å². The number of nitrogens with zero attached hydrogens (tertiary/aromatic N) is 1. The third-order valence-electron chi connectivity index (χ3n) is 4.50. The Balaban J connectivity index is 1.60. The number of carboxylic acid groups (broad SMARTS) is 1. The van der Waals surface area contributed by atoms with Crippen LogP contribution in [0.2, 0.25) is 5.02 Å². The zero-order valence-corrected chi connectivity index (χ0v) is 21.8. The average Bonchev–Trinajstić information content (AvgIpc) is 2.83. The lowest BCUT2D eigenvalue weighted by Crippen LogP contribution is -2.19. The van der Waals surface area contributed by atoms with E-state index in [1.807, 2.05) is 19.1 Å². The summed E-state index contributed by atoms with van der Waals surface area (Å²) in [5, 5.41) is 13.7. The molecule has 1 amide bonds. The highest BCUT2D eigenvalue weighted by atomic mass is 79.9. The standard InChI is InChI=1S/C25H22BrClN2O5S/c1-2-33-22-12-17(13-28-29-23(30)15-35-20-9-7-19(27)8-10-20)11-21(26)24(22)34-14-16-3-5-18(6-4-16)25(31)32/h3-13H,2,14-15H2,1H3,(H,29,30)(H,31,32)/b28-13-. The number of carbonyl (C=O) groups is 2. The fourth-order valence-corrected chi connectivity index (χ4v) is 4.25. The van der Waals surface area contributed by atoms with Crippen molar-refractivity contribution in [1.29, 1.82) is 0 Å². The van der Waals surface area contributed by atoms with Crippen molar-refractivity contribution in [3.63, 3.8) is 0 Å². The Morgan fingerprint density at radius 3 is 2.49 bits per heavy atom. The first-order valence-corrected chi connectivity index (χ1v) is 12.6. The number of amides is 1. The normalized spacial score (nSPS) is 10.8. The number of ether oxygens (including phenoxy) is 2. The van der Waals surface area contributed by atoms with Crippen LogP contribution in [0.4, 0.5) is 0 Å². The Labute approximate surface area is 220 Å². The van der Waals surface area contributed by atoms with Crippen LogP contribution in [-0.4, -0.2) is 35.6 Å². The van der Waals surface area contributed by atoms with Crippen LogP contribution < -0.4 is 14.9 Å². The van der Waals surface area contributed by atoms with Gasteiger partial charge in [-0.25, -0.2) is 10.2 Å². The van der Waals surface area contributed by atoms with Gasteiger partial charge >= 0.3 is 5.97 Å². The Bertz CT molecular complexity index is 1200. The summed E-state index contributed by atoms with van der Waals surface area (Å²) in [5.74, 6) is 0.0177. The van der Waals surface area contributed by atoms with E-state index in [0.29, 0.717) is 33.2 Å². The zero-order valence-electron chi connectivity index (χ0n) is 18.7. The molecule has 3 aromatic rings. The van der Waals surface area contributed by atoms with E-state index in [9.17, 15) is 9.59 Å². The van der Waals surface area contributed by atoms with E-state index in [0.717, 1.165) is 10.5 Å². The number of hydrogen-bond acceptors (Lipinski definition) is 6. The van der Waals surface area contributed by atoms with Crippen LogP contribution in [0.1, 0.15) is 28.4 Å². The lowest BCUT2D eigenvalue weighted by molar-refractivity contribution is -0.118. The van der Waals surface area contributed by atoms with Gasteiger partial charge in [0.2, 0.25) is 5.91 Å². The molecule has 35 heavy (non-hydrogen) atoms. The van der Waals surface area contributed by atoms with E-state index >= 15 is 0 Å². The van der Waals surface area contributed by atoms with Crippen molar-refractivity contribution in [1.82, 2.24) is 5.43 Å². The second-order valence-corrected chi connectivity index (χ2v) is 9.43. The smallest absolute Gasteiger partial charge is 0.335 e. The van der Waals surface area contributed by atoms with Gasteiger partial charge in [-0.05, 0) is 82.5 Å². The Morgan fingerprint density at radius 1 is 1.11 bits per heavy atom. The highest BCUT2D eigenvalue weighted by molar-refractivity contribution is 9.10. The molecule has 3 rings (SSSR count). The summed E-state index contributed by atoms with van der Waals surface area (Å²) in [6, 6.07) is 17.3. The van der Waals surface area contributed by atoms with Crippen LogP contribution in [0.25, 0.3) is 0 Å². The number of aromatic carboxylic acids is 1. The minimum Gasteiger partial charge on any atom is -0.490 e. The molecule has 0 heterocycles. The SMILES string of the molecule is CCOc1cc(/C=N\NC(=O)CSc2ccc(Cl)cc2)cc(Br)c1OCc1ccc(C(=O)O)cc1. The first kappa shape index (κ1) is 26.6. The van der Waals surface area contributed by atoms with Crippen molar-refractivity contribution >= 4 is 57.4 Å². The fraction of sp³-hybridized carbons (Fsp3) is 0.160. The number of thioether (sulfide) groups is 1. The minimum absolute atomic E-state index is 0.212. The molecule has 0 unspecified atom stereocenters. The molecule has 0 bridgehead atoms. The number of nitrogens with one attached hydrogen (secondary N) is 1. The van der Waals surface area contributed by atoms with Gasteiger partial charge in [0.15, 0.2) is 11.5 Å². The molecule has 182 valence electrons. The largest absolute Gasteiger partial charge is 0.490 e. The molecule has 0 saturated carbocycles. The maximum absolute atomic E-state index is 12.1. The fourth-order valence-electron chi connectivity index (χ4n) is 2.86. The molecule has 7 nitrogen and oxygen atoms in total. The first-order valence-electron chi connectivity index (χ1n) is 10.5. The molecule has 10 heteroatoms. The molecular formula is C25H22BrClN2O5S. The van der Waals surface area contributed by atoms with Gasteiger partial charge in [0, 0.05) is 9.92 Å². The van der Waals surface area contributed by atoms with E-state index in [2.05, 4.69) is 26.5 Å². The Morgan fingerprint density at radius 2 is 1.83 bits per heavy atom. The summed E-state index contributed by atoms with van der Waals surface area (Å²) in [4.78, 5) is 24.0. The summed E-state index contributed by atoms with van der Waals surface area (Å²) in [6.07, 6.45) is 1.52. The molecule has 0 atom stereocenters. The molecule has 0 aliphatic heterocycles. The number of hydrogen-bond donors (Lipinski definition) is 2. The predicted octanol–water partition coefficient (Wildman–Crippen LogP) is 6.02. The maximum Gasteiger partial charge on any atom is 0.335 e. The molecule has 3 aromatic carbocycles. The lowest BCUT2D eigenvalue weighted by Gasteiger charge is -2.15. The number of benzene rings is 3. The number of carbonyl (C=O) groups excluding carboxylic acids is 1. The van der Waals surface area contributed by atoms with Gasteiger partial charge in [0.05, 0.1) is 28.6 Å². The van der Waals surface area contributed by atoms with Crippen molar-refractivity contribution < 1.29 is 24.2 Å². The van der Waals surface area contributed by atoms with Gasteiger partial charge < -0.3 is 14.6 Å². The predicted molar refractivity (Wildman–Crippen MR) is 141 cm³/mol. The average molecular weight is 578 g/mol. The van der Waals surface area contributed by atoms with Gasteiger partial charge in [-0.1, -0.05) is 23.7 Å². The molecule has 0 fully saturated rings. The van der Waals surface area contributed by atoms with Crippen molar-refractivity contribution in [3.8, 4) is 11.5 Å². The second kappa shape index (κ2) is 13.2. The summed E-state index contributed by atoms with van der Waals surface area (Å²) >= 11 is 10.8. The second-order valence-electron chi connectivity index (χ2n) is 7.09. The summed E-state index contributed by atoms with van der Waals surface area (Å²) in [6.45, 7) is 2.52. The van der Waals surface area contributed by atoms with E-state index in [1.54, 1.807) is 36.4 Å². The van der Waals surface area contributed by atoms with Crippen molar-refractivity contribution in [2.24, 2.45) is 5.10 Å². The number of carboxylic acids is 1. The third kappa shape index (κ3) is 8.31. The van der Waals surface area contributed by atoms with Crippen LogP contribution in [0, 0.1) is 0 Å². The molecule has 0 aliphatic rings. The van der Waals surface area contributed by atoms with Crippen LogP contribution in [0.15, 0.2) is 75.1 Å². The van der Waals surface area contributed by atoms with Gasteiger partial charge in [0.25, 0.3) is 0 Å². The molecule has 2 N–H and O–H groups in total. The van der Waals surface area contributed by atoms with Crippen LogP contribution in [-0.2, 0) is 11.4 Å². The van der Waals surface area contributed by atoms with Gasteiger partial charge in [-0.2, -0.15) is 5.10 Å². The first-order chi connectivity index (χ1) is 16.9. The van der Waals surface area contributed by atoms with Crippen LogP contribution in [0.5, 0.6) is 11.5 Å². The Kier molecular flexibility index (Phi) is 10.0. The zero-order chi connectivity index (χ0) is 25.2. The van der Waals surface area contributed by atoms with Crippen molar-refractivity contribution in [3.05, 3.63) is 86.8 Å². The lowest BCUT2D eigenvalue weighted by atomic mass is 10.1. The summed E-state index contributed by atoms with van der Waals surface area (Å²) < 4.78 is 12.3. The molecular weight excluding hydrogens is 556 g/mol. The highest BCUT2D eigenvalue weighted by Crippen LogP contribution is 2.37. The van der Waals surface area contributed by atoms with Crippen LogP contribution in [0.3, 0.4) is 0 Å². The van der Waals surface area contributed by atoms with Gasteiger partial charge in [-0.3, -0.25) is 4.79 Å². The number of rotatable bonds is 11. The minimum atomic E-state index is -0.979. The van der Waals surface area contributed by atoms with Crippen LogP contribution >= 0.6 is 39.3 Å². The molecule has 0 aliphatic carbocycles. The molecule has 0 radical (unpaired) electrons. The van der Waals surface area contributed by atoms with Crippen molar-refractivity contribution in [2.45, 2.75) is 18.4 Å². The van der Waals surface area contributed by atoms with Crippen molar-refractivity contribution in [2.75, 3.05) is 12.4 Å². The van der Waals surface area contributed by atoms with Gasteiger partial charge in [0.1, 0.15) is 6.61 Å². The quantitative estimate of drug-likeness (QED) is 0.164. The highest BCUT2D eigenvalue weighted by Gasteiger charge is 2.13. The Hall–Kier alpha value is -3.01. The topological polar surface area (TPSA) is 97.2 Å². The van der Waals surface area contributed by atoms with Gasteiger partial charge in [-0.15, -0.1) is 11.8 Å². The van der Waals surface area contributed by atoms with E-state index < -0.39 is 5.97 Å². The van der Waals surface area contributed by atoms with E-state index in [1.165, 1.54) is 30.1 Å². The molecule has 0 spiro atoms. The maximum atomic E-state index is 12.1. The summed E-state index contributed by atoms with van der Waals surface area (Å²) in [7, 11) is 0. The molecule has 0 saturated heterocycles. The number of hydrazone groups is 1.